The third-order valence-electron chi connectivity index (χ3n) is 3.90. The van der Waals surface area contributed by atoms with Gasteiger partial charge in [-0.3, -0.25) is 4.90 Å². The first-order valence-corrected chi connectivity index (χ1v) is 6.09. The summed E-state index contributed by atoms with van der Waals surface area (Å²) < 4.78 is 0. The second-order valence-corrected chi connectivity index (χ2v) is 5.04. The first kappa shape index (κ1) is 12.0. The monoisotopic (exact) mass is 198 g/mol. The maximum Gasteiger partial charge on any atom is 0.00933 e. The lowest BCUT2D eigenvalue weighted by molar-refractivity contribution is 0.150. The minimum absolute atomic E-state index is 0.331. The summed E-state index contributed by atoms with van der Waals surface area (Å²) in [6, 6.07) is 0.826. The molecule has 0 saturated carbocycles. The molecule has 0 spiro atoms. The molecule has 14 heavy (non-hydrogen) atoms. The van der Waals surface area contributed by atoms with E-state index < -0.39 is 0 Å². The molecular weight excluding hydrogens is 172 g/mol. The fourth-order valence-electron chi connectivity index (χ4n) is 2.38. The molecule has 1 aliphatic rings. The van der Waals surface area contributed by atoms with Crippen LogP contribution in [0.5, 0.6) is 0 Å². The standard InChI is InChI=1S/C12H26N2/c1-4-11-7-6-8-14(11)10-12(3,5-2)9-13/h11H,4-10,13H2,1-3H3. The highest BCUT2D eigenvalue weighted by molar-refractivity contribution is 4.85. The van der Waals surface area contributed by atoms with Crippen molar-refractivity contribution in [3.05, 3.63) is 0 Å². The summed E-state index contributed by atoms with van der Waals surface area (Å²) in [5.41, 5.74) is 6.19. The first-order chi connectivity index (χ1) is 6.65. The van der Waals surface area contributed by atoms with Gasteiger partial charge in [-0.25, -0.2) is 0 Å². The van der Waals surface area contributed by atoms with E-state index in [1.807, 2.05) is 0 Å². The molecule has 2 unspecified atom stereocenters. The Labute approximate surface area is 88.8 Å². The molecule has 84 valence electrons. The van der Waals surface area contributed by atoms with Gasteiger partial charge in [-0.15, -0.1) is 0 Å². The van der Waals surface area contributed by atoms with Crippen LogP contribution in [0.4, 0.5) is 0 Å². The van der Waals surface area contributed by atoms with Crippen LogP contribution in [-0.4, -0.2) is 30.6 Å². The molecule has 1 saturated heterocycles. The van der Waals surface area contributed by atoms with Crippen molar-refractivity contribution in [2.45, 2.75) is 52.5 Å². The molecule has 0 aromatic heterocycles. The summed E-state index contributed by atoms with van der Waals surface area (Å²) >= 11 is 0. The van der Waals surface area contributed by atoms with Gasteiger partial charge >= 0.3 is 0 Å². The van der Waals surface area contributed by atoms with Gasteiger partial charge in [0, 0.05) is 12.6 Å². The molecule has 1 aliphatic heterocycles. The van der Waals surface area contributed by atoms with Crippen LogP contribution in [-0.2, 0) is 0 Å². The Kier molecular flexibility index (Phi) is 4.39. The molecule has 0 radical (unpaired) electrons. The molecule has 0 amide bonds. The van der Waals surface area contributed by atoms with Crippen molar-refractivity contribution in [3.63, 3.8) is 0 Å². The van der Waals surface area contributed by atoms with Gasteiger partial charge in [0.15, 0.2) is 0 Å². The quantitative estimate of drug-likeness (QED) is 0.734. The van der Waals surface area contributed by atoms with Crippen LogP contribution in [0, 0.1) is 5.41 Å². The molecule has 2 atom stereocenters. The van der Waals surface area contributed by atoms with Gasteiger partial charge in [-0.05, 0) is 44.2 Å². The zero-order chi connectivity index (χ0) is 10.6. The second-order valence-electron chi connectivity index (χ2n) is 5.04. The Bertz CT molecular complexity index is 164. The van der Waals surface area contributed by atoms with Crippen molar-refractivity contribution in [2.24, 2.45) is 11.1 Å². The van der Waals surface area contributed by atoms with E-state index in [2.05, 4.69) is 25.7 Å². The predicted octanol–water partition coefficient (Wildman–Crippen LogP) is 2.24. The molecule has 2 N–H and O–H groups in total. The highest BCUT2D eigenvalue weighted by Gasteiger charge is 2.29. The van der Waals surface area contributed by atoms with Crippen molar-refractivity contribution in [2.75, 3.05) is 19.6 Å². The van der Waals surface area contributed by atoms with Crippen molar-refractivity contribution in [1.82, 2.24) is 4.90 Å². The van der Waals surface area contributed by atoms with Crippen molar-refractivity contribution >= 4 is 0 Å². The minimum Gasteiger partial charge on any atom is -0.330 e. The Balaban J connectivity index is 2.49. The second kappa shape index (κ2) is 5.13. The van der Waals surface area contributed by atoms with Crippen LogP contribution in [0.1, 0.15) is 46.5 Å². The lowest BCUT2D eigenvalue weighted by Crippen LogP contribution is -2.42. The lowest BCUT2D eigenvalue weighted by atomic mass is 9.87. The summed E-state index contributed by atoms with van der Waals surface area (Å²) in [7, 11) is 0. The van der Waals surface area contributed by atoms with Gasteiger partial charge in [0.05, 0.1) is 0 Å². The molecule has 0 aliphatic carbocycles. The van der Waals surface area contributed by atoms with Gasteiger partial charge in [0.2, 0.25) is 0 Å². The summed E-state index contributed by atoms with van der Waals surface area (Å²) in [6.07, 6.45) is 5.25. The fraction of sp³-hybridized carbons (Fsp3) is 1.00. The van der Waals surface area contributed by atoms with E-state index in [1.165, 1.54) is 38.8 Å². The molecule has 2 nitrogen and oxygen atoms in total. The van der Waals surface area contributed by atoms with E-state index in [9.17, 15) is 0 Å². The van der Waals surface area contributed by atoms with Gasteiger partial charge in [0.1, 0.15) is 0 Å². The normalized spacial score (nSPS) is 27.9. The van der Waals surface area contributed by atoms with Crippen LogP contribution >= 0.6 is 0 Å². The molecular formula is C12H26N2. The zero-order valence-electron chi connectivity index (χ0n) is 10.1. The Morgan fingerprint density at radius 1 is 1.43 bits per heavy atom. The van der Waals surface area contributed by atoms with Crippen LogP contribution in [0.15, 0.2) is 0 Å². The van der Waals surface area contributed by atoms with E-state index in [1.54, 1.807) is 0 Å². The Morgan fingerprint density at radius 3 is 2.64 bits per heavy atom. The van der Waals surface area contributed by atoms with Crippen LogP contribution in [0.2, 0.25) is 0 Å². The average Bonchev–Trinajstić information content (AvgIpc) is 2.65. The molecule has 2 heteroatoms. The van der Waals surface area contributed by atoms with Gasteiger partial charge in [-0.2, -0.15) is 0 Å². The molecule has 1 rings (SSSR count). The molecule has 0 aromatic carbocycles. The molecule has 0 bridgehead atoms. The van der Waals surface area contributed by atoms with Crippen molar-refractivity contribution < 1.29 is 0 Å². The maximum atomic E-state index is 5.86. The van der Waals surface area contributed by atoms with E-state index in [0.29, 0.717) is 5.41 Å². The summed E-state index contributed by atoms with van der Waals surface area (Å²) in [5, 5.41) is 0. The minimum atomic E-state index is 0.331. The van der Waals surface area contributed by atoms with Gasteiger partial charge < -0.3 is 5.73 Å². The number of hydrogen-bond donors (Lipinski definition) is 1. The smallest absolute Gasteiger partial charge is 0.00933 e. The fourth-order valence-corrected chi connectivity index (χ4v) is 2.38. The van der Waals surface area contributed by atoms with Crippen LogP contribution in [0.25, 0.3) is 0 Å². The lowest BCUT2D eigenvalue weighted by Gasteiger charge is -2.34. The summed E-state index contributed by atoms with van der Waals surface area (Å²) in [4.78, 5) is 2.65. The zero-order valence-corrected chi connectivity index (χ0v) is 10.1. The van der Waals surface area contributed by atoms with Crippen molar-refractivity contribution in [3.8, 4) is 0 Å². The Morgan fingerprint density at radius 2 is 2.14 bits per heavy atom. The third kappa shape index (κ3) is 2.71. The number of nitrogens with zero attached hydrogens (tertiary/aromatic N) is 1. The largest absolute Gasteiger partial charge is 0.330 e. The van der Waals surface area contributed by atoms with E-state index in [-0.39, 0.29) is 0 Å². The van der Waals surface area contributed by atoms with Crippen LogP contribution < -0.4 is 5.73 Å². The van der Waals surface area contributed by atoms with Gasteiger partial charge in [-0.1, -0.05) is 20.8 Å². The van der Waals surface area contributed by atoms with E-state index in [4.69, 9.17) is 5.73 Å². The molecule has 1 fully saturated rings. The third-order valence-corrected chi connectivity index (χ3v) is 3.90. The molecule has 0 aromatic rings. The predicted molar refractivity (Wildman–Crippen MR) is 62.3 cm³/mol. The van der Waals surface area contributed by atoms with Gasteiger partial charge in [0.25, 0.3) is 0 Å². The molecule has 1 heterocycles. The summed E-state index contributed by atoms with van der Waals surface area (Å²) in [5.74, 6) is 0. The maximum absolute atomic E-state index is 5.86. The van der Waals surface area contributed by atoms with Crippen molar-refractivity contribution in [1.29, 1.82) is 0 Å². The highest BCUT2D eigenvalue weighted by Crippen LogP contribution is 2.27. The van der Waals surface area contributed by atoms with E-state index in [0.717, 1.165) is 12.6 Å². The number of likely N-dealkylation sites (tertiary alicyclic amines) is 1. The average molecular weight is 198 g/mol. The Hall–Kier alpha value is -0.0800. The summed E-state index contributed by atoms with van der Waals surface area (Å²) in [6.45, 7) is 10.2. The first-order valence-electron chi connectivity index (χ1n) is 6.09. The van der Waals surface area contributed by atoms with E-state index >= 15 is 0 Å². The number of rotatable bonds is 5. The van der Waals surface area contributed by atoms with Crippen LogP contribution in [0.3, 0.4) is 0 Å². The number of nitrogens with two attached hydrogens (primary N) is 1. The topological polar surface area (TPSA) is 29.3 Å². The SMILES string of the molecule is CCC1CCCN1CC(C)(CC)CN. The number of hydrogen-bond acceptors (Lipinski definition) is 2. The highest BCUT2D eigenvalue weighted by atomic mass is 15.2.